The van der Waals surface area contributed by atoms with Crippen molar-refractivity contribution in [2.45, 2.75) is 12.8 Å². The van der Waals surface area contributed by atoms with Crippen LogP contribution in [0, 0.1) is 5.92 Å². The monoisotopic (exact) mass is 196 g/mol. The zero-order valence-corrected chi connectivity index (χ0v) is 8.42. The van der Waals surface area contributed by atoms with E-state index in [0.717, 1.165) is 18.2 Å². The first-order valence-corrected chi connectivity index (χ1v) is 4.98. The molecule has 2 rings (SSSR count). The van der Waals surface area contributed by atoms with E-state index in [2.05, 4.69) is 19.1 Å². The SMILES string of the molecule is C[C@H]1COC[C@H]1c1ccc(Cl)cc1. The molecule has 0 N–H and O–H groups in total. The van der Waals surface area contributed by atoms with Gasteiger partial charge in [-0.15, -0.1) is 0 Å². The van der Waals surface area contributed by atoms with Gasteiger partial charge in [0.2, 0.25) is 0 Å². The molecule has 1 aliphatic heterocycles. The fraction of sp³-hybridized carbons (Fsp3) is 0.455. The molecule has 0 unspecified atom stereocenters. The topological polar surface area (TPSA) is 9.23 Å². The molecule has 1 aromatic carbocycles. The Morgan fingerprint density at radius 2 is 1.92 bits per heavy atom. The lowest BCUT2D eigenvalue weighted by Crippen LogP contribution is -2.06. The van der Waals surface area contributed by atoms with E-state index >= 15 is 0 Å². The molecule has 1 aliphatic rings. The van der Waals surface area contributed by atoms with Crippen molar-refractivity contribution in [3.05, 3.63) is 34.9 Å². The Bertz CT molecular complexity index is 281. The molecule has 0 amide bonds. The van der Waals surface area contributed by atoms with Crippen LogP contribution in [0.1, 0.15) is 18.4 Å². The molecular formula is C11H13ClO. The number of hydrogen-bond donors (Lipinski definition) is 0. The summed E-state index contributed by atoms with van der Waals surface area (Å²) in [4.78, 5) is 0. The van der Waals surface area contributed by atoms with Crippen molar-refractivity contribution in [2.24, 2.45) is 5.92 Å². The van der Waals surface area contributed by atoms with E-state index in [4.69, 9.17) is 16.3 Å². The summed E-state index contributed by atoms with van der Waals surface area (Å²) < 4.78 is 5.42. The molecule has 1 saturated heterocycles. The van der Waals surface area contributed by atoms with Crippen molar-refractivity contribution >= 4 is 11.6 Å². The minimum Gasteiger partial charge on any atom is -0.381 e. The van der Waals surface area contributed by atoms with Gasteiger partial charge in [0.25, 0.3) is 0 Å². The quantitative estimate of drug-likeness (QED) is 0.671. The Hall–Kier alpha value is -0.530. The highest BCUT2D eigenvalue weighted by Crippen LogP contribution is 2.30. The third kappa shape index (κ3) is 1.87. The van der Waals surface area contributed by atoms with Crippen LogP contribution in [-0.4, -0.2) is 13.2 Å². The van der Waals surface area contributed by atoms with Gasteiger partial charge >= 0.3 is 0 Å². The van der Waals surface area contributed by atoms with Crippen molar-refractivity contribution in [3.63, 3.8) is 0 Å². The average molecular weight is 197 g/mol. The number of ether oxygens (including phenoxy) is 1. The van der Waals surface area contributed by atoms with Crippen molar-refractivity contribution < 1.29 is 4.74 Å². The first-order valence-electron chi connectivity index (χ1n) is 4.60. The van der Waals surface area contributed by atoms with Crippen LogP contribution in [0.15, 0.2) is 24.3 Å². The number of benzene rings is 1. The molecule has 0 aromatic heterocycles. The molecule has 1 fully saturated rings. The molecule has 2 atom stereocenters. The van der Waals surface area contributed by atoms with Gasteiger partial charge in [0, 0.05) is 17.5 Å². The molecule has 0 saturated carbocycles. The summed E-state index contributed by atoms with van der Waals surface area (Å²) in [6, 6.07) is 8.08. The van der Waals surface area contributed by atoms with E-state index in [9.17, 15) is 0 Å². The Morgan fingerprint density at radius 1 is 1.23 bits per heavy atom. The van der Waals surface area contributed by atoms with Crippen molar-refractivity contribution in [1.82, 2.24) is 0 Å². The first kappa shape index (κ1) is 9.04. The molecule has 13 heavy (non-hydrogen) atoms. The predicted octanol–water partition coefficient (Wildman–Crippen LogP) is 3.09. The smallest absolute Gasteiger partial charge is 0.0538 e. The molecule has 1 nitrogen and oxygen atoms in total. The van der Waals surface area contributed by atoms with Gasteiger partial charge in [-0.1, -0.05) is 30.7 Å². The number of hydrogen-bond acceptors (Lipinski definition) is 1. The maximum atomic E-state index is 5.82. The minimum atomic E-state index is 0.553. The lowest BCUT2D eigenvalue weighted by Gasteiger charge is -2.12. The van der Waals surface area contributed by atoms with E-state index in [0.29, 0.717) is 11.8 Å². The van der Waals surface area contributed by atoms with Crippen LogP contribution in [-0.2, 0) is 4.74 Å². The molecule has 0 aliphatic carbocycles. The van der Waals surface area contributed by atoms with Crippen LogP contribution in [0.25, 0.3) is 0 Å². The van der Waals surface area contributed by atoms with Crippen LogP contribution >= 0.6 is 11.6 Å². The minimum absolute atomic E-state index is 0.553. The van der Waals surface area contributed by atoms with Crippen LogP contribution in [0.2, 0.25) is 5.02 Å². The van der Waals surface area contributed by atoms with Crippen molar-refractivity contribution in [3.8, 4) is 0 Å². The normalized spacial score (nSPS) is 27.8. The molecule has 0 spiro atoms. The lowest BCUT2D eigenvalue weighted by atomic mass is 9.90. The molecular weight excluding hydrogens is 184 g/mol. The molecule has 1 heterocycles. The standard InChI is InChI=1S/C11H13ClO/c1-8-6-13-7-11(8)9-2-4-10(12)5-3-9/h2-5,8,11H,6-7H2,1H3/t8-,11+/m0/s1. The summed E-state index contributed by atoms with van der Waals surface area (Å²) in [7, 11) is 0. The first-order chi connectivity index (χ1) is 6.27. The van der Waals surface area contributed by atoms with Gasteiger partial charge in [-0.2, -0.15) is 0 Å². The van der Waals surface area contributed by atoms with Gasteiger partial charge < -0.3 is 4.74 Å². The van der Waals surface area contributed by atoms with Gasteiger partial charge in [-0.05, 0) is 23.6 Å². The van der Waals surface area contributed by atoms with Crippen molar-refractivity contribution in [2.75, 3.05) is 13.2 Å². The Kier molecular flexibility index (Phi) is 2.56. The largest absolute Gasteiger partial charge is 0.381 e. The molecule has 1 aromatic rings. The maximum absolute atomic E-state index is 5.82. The van der Waals surface area contributed by atoms with Crippen LogP contribution in [0.5, 0.6) is 0 Å². The fourth-order valence-electron chi connectivity index (χ4n) is 1.80. The molecule has 2 heteroatoms. The lowest BCUT2D eigenvalue weighted by molar-refractivity contribution is 0.186. The highest BCUT2D eigenvalue weighted by Gasteiger charge is 2.25. The van der Waals surface area contributed by atoms with Crippen LogP contribution < -0.4 is 0 Å². The van der Waals surface area contributed by atoms with E-state index < -0.39 is 0 Å². The Morgan fingerprint density at radius 3 is 2.46 bits per heavy atom. The third-order valence-corrected chi connectivity index (χ3v) is 2.92. The highest BCUT2D eigenvalue weighted by molar-refractivity contribution is 6.30. The summed E-state index contributed by atoms with van der Waals surface area (Å²) in [5, 5.41) is 0.801. The van der Waals surface area contributed by atoms with E-state index in [1.165, 1.54) is 5.56 Å². The zero-order valence-electron chi connectivity index (χ0n) is 7.66. The van der Waals surface area contributed by atoms with Crippen LogP contribution in [0.3, 0.4) is 0 Å². The van der Waals surface area contributed by atoms with Gasteiger partial charge in [-0.25, -0.2) is 0 Å². The zero-order chi connectivity index (χ0) is 9.26. The molecule has 0 bridgehead atoms. The van der Waals surface area contributed by atoms with E-state index in [-0.39, 0.29) is 0 Å². The molecule has 0 radical (unpaired) electrons. The third-order valence-electron chi connectivity index (χ3n) is 2.66. The second-order valence-corrected chi connectivity index (χ2v) is 4.11. The number of halogens is 1. The molecule has 70 valence electrons. The predicted molar refractivity (Wildman–Crippen MR) is 54.2 cm³/mol. The summed E-state index contributed by atoms with van der Waals surface area (Å²) in [6.45, 7) is 3.96. The van der Waals surface area contributed by atoms with Gasteiger partial charge in [0.15, 0.2) is 0 Å². The number of rotatable bonds is 1. The second kappa shape index (κ2) is 3.69. The van der Waals surface area contributed by atoms with E-state index in [1.54, 1.807) is 0 Å². The van der Waals surface area contributed by atoms with Gasteiger partial charge in [0.1, 0.15) is 0 Å². The average Bonchev–Trinajstić information content (AvgIpc) is 2.53. The maximum Gasteiger partial charge on any atom is 0.0538 e. The van der Waals surface area contributed by atoms with E-state index in [1.807, 2.05) is 12.1 Å². The van der Waals surface area contributed by atoms with Gasteiger partial charge in [0.05, 0.1) is 6.61 Å². The van der Waals surface area contributed by atoms with Gasteiger partial charge in [-0.3, -0.25) is 0 Å². The fourth-order valence-corrected chi connectivity index (χ4v) is 1.92. The second-order valence-electron chi connectivity index (χ2n) is 3.67. The van der Waals surface area contributed by atoms with Crippen molar-refractivity contribution in [1.29, 1.82) is 0 Å². The summed E-state index contributed by atoms with van der Waals surface area (Å²) in [6.07, 6.45) is 0. The summed E-state index contributed by atoms with van der Waals surface area (Å²) in [5.41, 5.74) is 1.34. The highest BCUT2D eigenvalue weighted by atomic mass is 35.5. The van der Waals surface area contributed by atoms with Crippen LogP contribution in [0.4, 0.5) is 0 Å². The Balaban J connectivity index is 2.20. The summed E-state index contributed by atoms with van der Waals surface area (Å²) >= 11 is 5.82. The summed E-state index contributed by atoms with van der Waals surface area (Å²) in [5.74, 6) is 1.18. The Labute approximate surface area is 83.7 Å².